The Morgan fingerprint density at radius 1 is 0.833 bits per heavy atom. The number of aryl methyl sites for hydroxylation is 1. The highest BCUT2D eigenvalue weighted by Gasteiger charge is 2.48. The number of nitrogens with zero attached hydrogens (tertiary/aromatic N) is 1. The summed E-state index contributed by atoms with van der Waals surface area (Å²) < 4.78 is 6.54. The number of rotatable bonds is 2. The van der Waals surface area contributed by atoms with Gasteiger partial charge in [0.2, 0.25) is 5.91 Å². The van der Waals surface area contributed by atoms with Gasteiger partial charge in [0.1, 0.15) is 11.5 Å². The first kappa shape index (κ1) is 18.4. The predicted molar refractivity (Wildman–Crippen MR) is 121 cm³/mol. The molecule has 0 N–H and O–H groups in total. The maximum atomic E-state index is 13.6. The summed E-state index contributed by atoms with van der Waals surface area (Å²) in [7, 11) is 1.85. The fourth-order valence-corrected chi connectivity index (χ4v) is 4.42. The van der Waals surface area contributed by atoms with Crippen LogP contribution in [0.3, 0.4) is 0 Å². The van der Waals surface area contributed by atoms with Crippen molar-refractivity contribution in [3.63, 3.8) is 0 Å². The Labute approximate surface area is 176 Å². The lowest BCUT2D eigenvalue weighted by Crippen LogP contribution is -2.45. The van der Waals surface area contributed by atoms with E-state index in [1.54, 1.807) is 4.90 Å². The molecule has 0 spiro atoms. The van der Waals surface area contributed by atoms with Gasteiger partial charge in [-0.15, -0.1) is 0 Å². The SMILES string of the molecule is Cc1ccc(C2=CC3(C)C(=O)N(C)c4ccccc4C3=C(c3ccccc3)O2)cc1. The lowest BCUT2D eigenvalue weighted by Gasteiger charge is -2.42. The van der Waals surface area contributed by atoms with E-state index in [4.69, 9.17) is 4.74 Å². The van der Waals surface area contributed by atoms with Gasteiger partial charge in [-0.1, -0.05) is 78.4 Å². The van der Waals surface area contributed by atoms with Gasteiger partial charge < -0.3 is 9.64 Å². The third-order valence-electron chi connectivity index (χ3n) is 6.03. The molecule has 2 aliphatic rings. The fraction of sp³-hybridized carbons (Fsp3) is 0.148. The Morgan fingerprint density at radius 2 is 1.50 bits per heavy atom. The third-order valence-corrected chi connectivity index (χ3v) is 6.03. The highest BCUT2D eigenvalue weighted by molar-refractivity contribution is 6.18. The van der Waals surface area contributed by atoms with E-state index in [1.165, 1.54) is 5.56 Å². The molecule has 30 heavy (non-hydrogen) atoms. The van der Waals surface area contributed by atoms with E-state index in [0.29, 0.717) is 5.76 Å². The van der Waals surface area contributed by atoms with E-state index >= 15 is 0 Å². The van der Waals surface area contributed by atoms with Crippen LogP contribution in [0.15, 0.2) is 84.9 Å². The number of fused-ring (bicyclic) bond motifs is 3. The summed E-state index contributed by atoms with van der Waals surface area (Å²) in [5, 5.41) is 0. The van der Waals surface area contributed by atoms with E-state index in [-0.39, 0.29) is 5.91 Å². The molecule has 2 heterocycles. The van der Waals surface area contributed by atoms with Crippen LogP contribution in [0.2, 0.25) is 0 Å². The Hall–Kier alpha value is -3.59. The minimum absolute atomic E-state index is 0.0394. The summed E-state index contributed by atoms with van der Waals surface area (Å²) in [5.74, 6) is 1.49. The van der Waals surface area contributed by atoms with Gasteiger partial charge in [0, 0.05) is 29.3 Å². The maximum Gasteiger partial charge on any atom is 0.241 e. The molecule has 1 unspecified atom stereocenters. The van der Waals surface area contributed by atoms with E-state index in [1.807, 2.05) is 80.7 Å². The number of amides is 1. The molecule has 0 aromatic heterocycles. The van der Waals surface area contributed by atoms with Gasteiger partial charge in [-0.25, -0.2) is 0 Å². The van der Waals surface area contributed by atoms with Crippen molar-refractivity contribution in [1.29, 1.82) is 0 Å². The van der Waals surface area contributed by atoms with Crippen LogP contribution in [0.4, 0.5) is 5.69 Å². The Morgan fingerprint density at radius 3 is 2.23 bits per heavy atom. The van der Waals surface area contributed by atoms with Crippen LogP contribution in [0.25, 0.3) is 17.1 Å². The number of ether oxygens (including phenoxy) is 1. The van der Waals surface area contributed by atoms with Crippen molar-refractivity contribution in [3.8, 4) is 0 Å². The van der Waals surface area contributed by atoms with Crippen LogP contribution in [0, 0.1) is 12.3 Å². The lowest BCUT2D eigenvalue weighted by molar-refractivity contribution is -0.122. The van der Waals surface area contributed by atoms with Gasteiger partial charge in [-0.2, -0.15) is 0 Å². The number of carbonyl (C=O) groups is 1. The number of benzene rings is 3. The molecule has 0 saturated heterocycles. The average Bonchev–Trinajstić information content (AvgIpc) is 2.78. The first-order valence-electron chi connectivity index (χ1n) is 10.1. The highest BCUT2D eigenvalue weighted by atomic mass is 16.5. The number of hydrogen-bond donors (Lipinski definition) is 0. The van der Waals surface area contributed by atoms with Gasteiger partial charge in [0.15, 0.2) is 0 Å². The van der Waals surface area contributed by atoms with Crippen LogP contribution in [0.5, 0.6) is 0 Å². The molecule has 0 radical (unpaired) electrons. The van der Waals surface area contributed by atoms with Crippen LogP contribution >= 0.6 is 0 Å². The maximum absolute atomic E-state index is 13.6. The van der Waals surface area contributed by atoms with Gasteiger partial charge in [-0.3, -0.25) is 4.79 Å². The highest BCUT2D eigenvalue weighted by Crippen LogP contribution is 2.54. The molecule has 1 atom stereocenters. The topological polar surface area (TPSA) is 29.5 Å². The Kier molecular flexibility index (Phi) is 4.14. The van der Waals surface area contributed by atoms with Crippen LogP contribution in [0.1, 0.15) is 29.2 Å². The van der Waals surface area contributed by atoms with E-state index < -0.39 is 5.41 Å². The molecule has 3 heteroatoms. The standard InChI is InChI=1S/C27H23NO2/c1-18-13-15-19(16-14-18)23-17-27(2)24(25(30-23)20-9-5-4-6-10-20)21-11-7-8-12-22(21)28(3)26(27)29/h4-17H,1-3H3. The number of para-hydroxylation sites is 1. The number of hydrogen-bond acceptors (Lipinski definition) is 2. The second-order valence-electron chi connectivity index (χ2n) is 8.13. The third kappa shape index (κ3) is 2.70. The smallest absolute Gasteiger partial charge is 0.241 e. The molecule has 1 amide bonds. The first-order valence-corrected chi connectivity index (χ1v) is 10.1. The summed E-state index contributed by atoms with van der Waals surface area (Å²) in [4.78, 5) is 15.4. The molecule has 0 aliphatic carbocycles. The van der Waals surface area contributed by atoms with Crippen molar-refractivity contribution in [2.24, 2.45) is 5.41 Å². The first-order chi connectivity index (χ1) is 14.5. The van der Waals surface area contributed by atoms with Crippen molar-refractivity contribution in [2.45, 2.75) is 13.8 Å². The summed E-state index contributed by atoms with van der Waals surface area (Å²) in [6.07, 6.45) is 1.98. The van der Waals surface area contributed by atoms with Crippen LogP contribution in [-0.2, 0) is 9.53 Å². The summed E-state index contributed by atoms with van der Waals surface area (Å²) in [6.45, 7) is 4.06. The van der Waals surface area contributed by atoms with Gasteiger partial charge in [0.05, 0.1) is 11.1 Å². The minimum Gasteiger partial charge on any atom is -0.456 e. The van der Waals surface area contributed by atoms with E-state index in [2.05, 4.69) is 25.1 Å². The van der Waals surface area contributed by atoms with Gasteiger partial charge >= 0.3 is 0 Å². The molecular formula is C27H23NO2. The van der Waals surface area contributed by atoms with Crippen molar-refractivity contribution < 1.29 is 9.53 Å². The molecule has 5 rings (SSSR count). The lowest BCUT2D eigenvalue weighted by atomic mass is 9.71. The number of anilines is 1. The molecule has 0 bridgehead atoms. The Balaban J connectivity index is 1.80. The van der Waals surface area contributed by atoms with Crippen LogP contribution < -0.4 is 4.90 Å². The van der Waals surface area contributed by atoms with Gasteiger partial charge in [-0.05, 0) is 26.0 Å². The molecule has 148 valence electrons. The quantitative estimate of drug-likeness (QED) is 0.541. The van der Waals surface area contributed by atoms with Crippen molar-refractivity contribution in [3.05, 3.63) is 107 Å². The normalized spacial score (nSPS) is 20.3. The largest absolute Gasteiger partial charge is 0.456 e. The second-order valence-corrected chi connectivity index (χ2v) is 8.13. The molecule has 0 saturated carbocycles. The number of carbonyl (C=O) groups excluding carboxylic acids is 1. The van der Waals surface area contributed by atoms with E-state index in [9.17, 15) is 4.79 Å². The summed E-state index contributed by atoms with van der Waals surface area (Å²) in [6, 6.07) is 26.3. The predicted octanol–water partition coefficient (Wildman–Crippen LogP) is 5.92. The summed E-state index contributed by atoms with van der Waals surface area (Å²) in [5.41, 5.74) is 5.13. The van der Waals surface area contributed by atoms with Gasteiger partial charge in [0.25, 0.3) is 0 Å². The van der Waals surface area contributed by atoms with E-state index in [0.717, 1.165) is 33.7 Å². The molecule has 2 aliphatic heterocycles. The fourth-order valence-electron chi connectivity index (χ4n) is 4.42. The van der Waals surface area contributed by atoms with Crippen molar-refractivity contribution in [1.82, 2.24) is 0 Å². The monoisotopic (exact) mass is 393 g/mol. The second kappa shape index (κ2) is 6.74. The molecular weight excluding hydrogens is 370 g/mol. The van der Waals surface area contributed by atoms with Crippen molar-refractivity contribution in [2.75, 3.05) is 11.9 Å². The molecule has 3 aromatic carbocycles. The van der Waals surface area contributed by atoms with Crippen LogP contribution in [-0.4, -0.2) is 13.0 Å². The zero-order valence-corrected chi connectivity index (χ0v) is 17.3. The minimum atomic E-state index is -0.827. The Bertz CT molecular complexity index is 1210. The summed E-state index contributed by atoms with van der Waals surface area (Å²) >= 11 is 0. The average molecular weight is 393 g/mol. The molecule has 3 aromatic rings. The van der Waals surface area contributed by atoms with Crippen molar-refractivity contribution >= 4 is 28.7 Å². The molecule has 0 fully saturated rings. The zero-order valence-electron chi connectivity index (χ0n) is 17.3. The zero-order chi connectivity index (χ0) is 20.9. The molecule has 3 nitrogen and oxygen atoms in total.